The molecule has 0 fully saturated rings. The fourth-order valence-corrected chi connectivity index (χ4v) is 2.76. The van der Waals surface area contributed by atoms with Crippen molar-refractivity contribution in [2.75, 3.05) is 13.7 Å². The number of aliphatic hydroxyl groups is 1. The van der Waals surface area contributed by atoms with Crippen LogP contribution in [0.1, 0.15) is 38.7 Å². The monoisotopic (exact) mass is 350 g/mol. The molecule has 0 aromatic heterocycles. The molecule has 2 unspecified atom stereocenters. The summed E-state index contributed by atoms with van der Waals surface area (Å²) in [6.45, 7) is 3.99. The fourth-order valence-electron chi connectivity index (χ4n) is 2.76. The minimum absolute atomic E-state index is 0.00306. The number of rotatable bonds is 10. The molecular weight excluding hydrogens is 320 g/mol. The SMILES string of the molecule is CC(C)CC(CO)N(C)C(=O)NC(CCC(=O)O)Cc1ccccc1. The first kappa shape index (κ1) is 21.0. The molecule has 0 aliphatic heterocycles. The molecule has 6 nitrogen and oxygen atoms in total. The summed E-state index contributed by atoms with van der Waals surface area (Å²) in [6, 6.07) is 8.86. The molecule has 0 aliphatic rings. The number of likely N-dealkylation sites (N-methyl/N-ethyl adjacent to an activating group) is 1. The molecular formula is C19H30N2O4. The van der Waals surface area contributed by atoms with Crippen LogP contribution < -0.4 is 5.32 Å². The zero-order valence-electron chi connectivity index (χ0n) is 15.3. The van der Waals surface area contributed by atoms with Gasteiger partial charge in [0.25, 0.3) is 0 Å². The lowest BCUT2D eigenvalue weighted by Gasteiger charge is -2.30. The van der Waals surface area contributed by atoms with Crippen molar-refractivity contribution in [2.45, 2.75) is 51.6 Å². The number of carbonyl (C=O) groups excluding carboxylic acids is 1. The Labute approximate surface area is 149 Å². The molecule has 0 heterocycles. The van der Waals surface area contributed by atoms with Crippen LogP contribution in [-0.2, 0) is 11.2 Å². The first-order valence-corrected chi connectivity index (χ1v) is 8.73. The second kappa shape index (κ2) is 10.7. The maximum absolute atomic E-state index is 12.5. The van der Waals surface area contributed by atoms with Crippen molar-refractivity contribution in [1.82, 2.24) is 10.2 Å². The summed E-state index contributed by atoms with van der Waals surface area (Å²) in [6.07, 6.45) is 1.63. The number of carbonyl (C=O) groups is 2. The van der Waals surface area contributed by atoms with Gasteiger partial charge in [-0.15, -0.1) is 0 Å². The summed E-state index contributed by atoms with van der Waals surface area (Å²) in [7, 11) is 1.66. The quantitative estimate of drug-likeness (QED) is 0.605. The molecule has 0 spiro atoms. The lowest BCUT2D eigenvalue weighted by Crippen LogP contribution is -2.49. The van der Waals surface area contributed by atoms with Crippen LogP contribution in [0.15, 0.2) is 30.3 Å². The van der Waals surface area contributed by atoms with Crippen LogP contribution in [0, 0.1) is 5.92 Å². The van der Waals surface area contributed by atoms with Gasteiger partial charge in [0, 0.05) is 19.5 Å². The Balaban J connectivity index is 2.73. The first-order valence-electron chi connectivity index (χ1n) is 8.73. The van der Waals surface area contributed by atoms with E-state index in [1.54, 1.807) is 7.05 Å². The minimum atomic E-state index is -0.881. The molecule has 6 heteroatoms. The number of carboxylic acid groups (broad SMARTS) is 1. The third-order valence-electron chi connectivity index (χ3n) is 4.18. The molecule has 1 rings (SSSR count). The van der Waals surface area contributed by atoms with Gasteiger partial charge in [0.15, 0.2) is 0 Å². The Bertz CT molecular complexity index is 533. The first-order chi connectivity index (χ1) is 11.8. The number of urea groups is 1. The maximum Gasteiger partial charge on any atom is 0.317 e. The van der Waals surface area contributed by atoms with E-state index in [0.717, 1.165) is 5.56 Å². The summed E-state index contributed by atoms with van der Waals surface area (Å²) >= 11 is 0. The van der Waals surface area contributed by atoms with Crippen LogP contribution in [0.4, 0.5) is 4.79 Å². The Morgan fingerprint density at radius 2 is 1.84 bits per heavy atom. The zero-order valence-corrected chi connectivity index (χ0v) is 15.3. The molecule has 1 aromatic rings. The van der Waals surface area contributed by atoms with E-state index in [9.17, 15) is 14.7 Å². The van der Waals surface area contributed by atoms with Crippen molar-refractivity contribution in [2.24, 2.45) is 5.92 Å². The standard InChI is InChI=1S/C19H30N2O4/c1-14(2)11-17(13-22)21(3)19(25)20-16(9-10-18(23)24)12-15-7-5-4-6-8-15/h4-8,14,16-17,22H,9-13H2,1-3H3,(H,20,25)(H,23,24). The van der Waals surface area contributed by atoms with Crippen LogP contribution in [0.2, 0.25) is 0 Å². The highest BCUT2D eigenvalue weighted by Gasteiger charge is 2.23. The van der Waals surface area contributed by atoms with E-state index in [0.29, 0.717) is 25.2 Å². The third kappa shape index (κ3) is 8.03. The molecule has 0 saturated heterocycles. The molecule has 2 atom stereocenters. The van der Waals surface area contributed by atoms with E-state index >= 15 is 0 Å². The molecule has 3 N–H and O–H groups in total. The summed E-state index contributed by atoms with van der Waals surface area (Å²) in [5.41, 5.74) is 1.04. The Hall–Kier alpha value is -2.08. The molecule has 2 amide bonds. The zero-order chi connectivity index (χ0) is 18.8. The van der Waals surface area contributed by atoms with E-state index in [1.807, 2.05) is 44.2 Å². The van der Waals surface area contributed by atoms with Crippen LogP contribution in [0.5, 0.6) is 0 Å². The van der Waals surface area contributed by atoms with Gasteiger partial charge in [-0.05, 0) is 30.7 Å². The topological polar surface area (TPSA) is 89.9 Å². The fraction of sp³-hybridized carbons (Fsp3) is 0.579. The maximum atomic E-state index is 12.5. The minimum Gasteiger partial charge on any atom is -0.481 e. The van der Waals surface area contributed by atoms with E-state index in [-0.39, 0.29) is 31.1 Å². The number of benzene rings is 1. The smallest absolute Gasteiger partial charge is 0.317 e. The summed E-state index contributed by atoms with van der Waals surface area (Å²) in [5.74, 6) is -0.520. The van der Waals surface area contributed by atoms with E-state index in [1.165, 1.54) is 4.90 Å². The Morgan fingerprint density at radius 1 is 1.20 bits per heavy atom. The Kier molecular flexibility index (Phi) is 8.99. The van der Waals surface area contributed by atoms with Crippen LogP contribution >= 0.6 is 0 Å². The summed E-state index contributed by atoms with van der Waals surface area (Å²) in [5, 5.41) is 21.4. The van der Waals surface area contributed by atoms with Gasteiger partial charge in [-0.2, -0.15) is 0 Å². The normalized spacial score (nSPS) is 13.3. The van der Waals surface area contributed by atoms with Crippen molar-refractivity contribution in [3.63, 3.8) is 0 Å². The number of hydrogen-bond acceptors (Lipinski definition) is 3. The molecule has 1 aromatic carbocycles. The summed E-state index contributed by atoms with van der Waals surface area (Å²) < 4.78 is 0. The number of aliphatic carboxylic acids is 1. The molecule has 25 heavy (non-hydrogen) atoms. The molecule has 0 bridgehead atoms. The van der Waals surface area contributed by atoms with Crippen molar-refractivity contribution >= 4 is 12.0 Å². The second-order valence-corrected chi connectivity index (χ2v) is 6.85. The van der Waals surface area contributed by atoms with E-state index < -0.39 is 5.97 Å². The molecule has 0 aliphatic carbocycles. The number of carboxylic acids is 1. The van der Waals surface area contributed by atoms with Gasteiger partial charge < -0.3 is 20.4 Å². The average Bonchev–Trinajstić information content (AvgIpc) is 2.57. The molecule has 0 radical (unpaired) electrons. The average molecular weight is 350 g/mol. The lowest BCUT2D eigenvalue weighted by molar-refractivity contribution is -0.137. The van der Waals surface area contributed by atoms with Crippen molar-refractivity contribution < 1.29 is 19.8 Å². The number of nitrogens with one attached hydrogen (secondary N) is 1. The van der Waals surface area contributed by atoms with Gasteiger partial charge in [-0.3, -0.25) is 4.79 Å². The highest BCUT2D eigenvalue weighted by Crippen LogP contribution is 2.12. The van der Waals surface area contributed by atoms with Gasteiger partial charge in [0.1, 0.15) is 0 Å². The van der Waals surface area contributed by atoms with Crippen molar-refractivity contribution in [3.8, 4) is 0 Å². The van der Waals surface area contributed by atoms with Gasteiger partial charge in [0.05, 0.1) is 12.6 Å². The highest BCUT2D eigenvalue weighted by atomic mass is 16.4. The van der Waals surface area contributed by atoms with Crippen LogP contribution in [0.3, 0.4) is 0 Å². The van der Waals surface area contributed by atoms with Gasteiger partial charge in [-0.25, -0.2) is 4.79 Å². The number of nitrogens with zero attached hydrogens (tertiary/aromatic N) is 1. The van der Waals surface area contributed by atoms with Crippen LogP contribution in [0.25, 0.3) is 0 Å². The molecule has 140 valence electrons. The van der Waals surface area contributed by atoms with Gasteiger partial charge >= 0.3 is 12.0 Å². The van der Waals surface area contributed by atoms with E-state index in [2.05, 4.69) is 5.32 Å². The Morgan fingerprint density at radius 3 is 2.36 bits per heavy atom. The predicted octanol–water partition coefficient (Wildman–Crippen LogP) is 2.51. The van der Waals surface area contributed by atoms with Crippen molar-refractivity contribution in [1.29, 1.82) is 0 Å². The predicted molar refractivity (Wildman–Crippen MR) is 97.4 cm³/mol. The number of aliphatic hydroxyl groups excluding tert-OH is 1. The van der Waals surface area contributed by atoms with Gasteiger partial charge in [-0.1, -0.05) is 44.2 Å². The third-order valence-corrected chi connectivity index (χ3v) is 4.18. The number of hydrogen-bond donors (Lipinski definition) is 3. The van der Waals surface area contributed by atoms with E-state index in [4.69, 9.17) is 5.11 Å². The van der Waals surface area contributed by atoms with Crippen LogP contribution in [-0.4, -0.2) is 52.9 Å². The lowest BCUT2D eigenvalue weighted by atomic mass is 10.0. The second-order valence-electron chi connectivity index (χ2n) is 6.85. The highest BCUT2D eigenvalue weighted by molar-refractivity contribution is 5.74. The van der Waals surface area contributed by atoms with Gasteiger partial charge in [0.2, 0.25) is 0 Å². The largest absolute Gasteiger partial charge is 0.481 e. The summed E-state index contributed by atoms with van der Waals surface area (Å²) in [4.78, 5) is 24.9. The van der Waals surface area contributed by atoms with Crippen molar-refractivity contribution in [3.05, 3.63) is 35.9 Å². The number of amides is 2. The molecule has 0 saturated carbocycles.